The molecule has 0 spiro atoms. The molecule has 9 heteroatoms. The van der Waals surface area contributed by atoms with Crippen LogP contribution in [0.5, 0.6) is 17.2 Å². The summed E-state index contributed by atoms with van der Waals surface area (Å²) in [6, 6.07) is 19.3. The quantitative estimate of drug-likeness (QED) is 0.0326. The average Bonchev–Trinajstić information content (AvgIpc) is 3.11. The van der Waals surface area contributed by atoms with Crippen LogP contribution in [0.3, 0.4) is 0 Å². The number of hydrogen-bond acceptors (Lipinski definition) is 9. The lowest BCUT2D eigenvalue weighted by atomic mass is 9.99. The monoisotopic (exact) mass is 670 g/mol. The first-order chi connectivity index (χ1) is 23.8. The molecule has 0 atom stereocenters. The van der Waals surface area contributed by atoms with Crippen LogP contribution in [0.4, 0.5) is 0 Å². The molecule has 0 bridgehead atoms. The molecule has 0 amide bonds. The zero-order valence-corrected chi connectivity index (χ0v) is 28.3. The van der Waals surface area contributed by atoms with Crippen molar-refractivity contribution >= 4 is 23.7 Å². The van der Waals surface area contributed by atoms with Crippen LogP contribution in [0.25, 0.3) is 0 Å². The first-order valence-corrected chi connectivity index (χ1v) is 16.7. The molecule has 0 saturated carbocycles. The number of Topliss-reactive ketones (excluding diaryl/α,β-unsaturated/α-hetero) is 1. The molecule has 0 N–H and O–H groups in total. The summed E-state index contributed by atoms with van der Waals surface area (Å²) in [5, 5.41) is 0. The highest BCUT2D eigenvalue weighted by Crippen LogP contribution is 2.22. The van der Waals surface area contributed by atoms with Crippen molar-refractivity contribution in [3.05, 3.63) is 114 Å². The van der Waals surface area contributed by atoms with Gasteiger partial charge in [0.1, 0.15) is 17.2 Å². The van der Waals surface area contributed by atoms with Crippen molar-refractivity contribution in [2.45, 2.75) is 64.7 Å². The molecule has 0 aliphatic rings. The van der Waals surface area contributed by atoms with Crippen LogP contribution < -0.4 is 14.2 Å². The van der Waals surface area contributed by atoms with Gasteiger partial charge >= 0.3 is 17.9 Å². The van der Waals surface area contributed by atoms with Crippen LogP contribution in [-0.2, 0) is 25.5 Å². The van der Waals surface area contributed by atoms with Crippen molar-refractivity contribution < 1.29 is 42.9 Å². The number of ketones is 1. The highest BCUT2D eigenvalue weighted by molar-refractivity contribution is 5.99. The van der Waals surface area contributed by atoms with Gasteiger partial charge in [-0.1, -0.05) is 25.3 Å². The molecule has 0 unspecified atom stereocenters. The Morgan fingerprint density at radius 1 is 0.592 bits per heavy atom. The fraction of sp³-hybridized carbons (Fsp3) is 0.350. The second-order valence-corrected chi connectivity index (χ2v) is 11.4. The van der Waals surface area contributed by atoms with E-state index in [0.717, 1.165) is 80.4 Å². The smallest absolute Gasteiger partial charge is 0.343 e. The number of carbonyl (C=O) groups excluding carboxylic acids is 4. The van der Waals surface area contributed by atoms with E-state index < -0.39 is 17.9 Å². The number of benzene rings is 3. The maximum atomic E-state index is 13.1. The fourth-order valence-electron chi connectivity index (χ4n) is 4.81. The molecular formula is C40H46O9. The van der Waals surface area contributed by atoms with Crippen LogP contribution >= 0.6 is 0 Å². The first-order valence-electron chi connectivity index (χ1n) is 16.7. The second-order valence-electron chi connectivity index (χ2n) is 11.4. The molecule has 0 heterocycles. The van der Waals surface area contributed by atoms with Gasteiger partial charge in [0.15, 0.2) is 5.78 Å². The average molecular weight is 671 g/mol. The minimum absolute atomic E-state index is 0.0348. The lowest BCUT2D eigenvalue weighted by Crippen LogP contribution is -2.10. The van der Waals surface area contributed by atoms with Gasteiger partial charge in [-0.25, -0.2) is 14.4 Å². The van der Waals surface area contributed by atoms with Crippen LogP contribution in [0.15, 0.2) is 92.0 Å². The molecule has 3 aromatic rings. The molecule has 0 aliphatic heterocycles. The molecular weight excluding hydrogens is 624 g/mol. The minimum Gasteiger partial charge on any atom is -0.494 e. The van der Waals surface area contributed by atoms with Crippen LogP contribution in [0.2, 0.25) is 0 Å². The Morgan fingerprint density at radius 3 is 1.55 bits per heavy atom. The van der Waals surface area contributed by atoms with E-state index in [0.29, 0.717) is 49.1 Å². The number of aryl methyl sites for hydroxylation is 1. The summed E-state index contributed by atoms with van der Waals surface area (Å²) in [5.74, 6) is 0.426. The van der Waals surface area contributed by atoms with Gasteiger partial charge in [0.05, 0.1) is 32.0 Å². The Morgan fingerprint density at radius 2 is 1.06 bits per heavy atom. The fourth-order valence-corrected chi connectivity index (χ4v) is 4.81. The third-order valence-corrected chi connectivity index (χ3v) is 7.52. The number of carbonyl (C=O) groups is 4. The third kappa shape index (κ3) is 14.6. The van der Waals surface area contributed by atoms with Gasteiger partial charge in [-0.15, -0.1) is 0 Å². The number of esters is 3. The molecule has 3 rings (SSSR count). The number of rotatable bonds is 23. The van der Waals surface area contributed by atoms with Crippen LogP contribution in [0, 0.1) is 6.92 Å². The molecule has 3 aromatic carbocycles. The molecule has 0 aromatic heterocycles. The lowest BCUT2D eigenvalue weighted by Gasteiger charge is -2.10. The second kappa shape index (κ2) is 21.6. The van der Waals surface area contributed by atoms with Gasteiger partial charge < -0.3 is 23.7 Å². The van der Waals surface area contributed by atoms with Crippen molar-refractivity contribution in [1.82, 2.24) is 0 Å². The molecule has 0 radical (unpaired) electrons. The van der Waals surface area contributed by atoms with E-state index in [1.807, 2.05) is 31.2 Å². The molecule has 49 heavy (non-hydrogen) atoms. The Hall–Kier alpha value is -5.18. The summed E-state index contributed by atoms with van der Waals surface area (Å²) in [7, 11) is 0. The maximum Gasteiger partial charge on any atom is 0.343 e. The Bertz CT molecular complexity index is 1520. The molecule has 260 valence electrons. The van der Waals surface area contributed by atoms with E-state index in [4.69, 9.17) is 23.7 Å². The largest absolute Gasteiger partial charge is 0.494 e. The number of hydrogen-bond donors (Lipinski definition) is 0. The van der Waals surface area contributed by atoms with E-state index in [-0.39, 0.29) is 12.2 Å². The summed E-state index contributed by atoms with van der Waals surface area (Å²) in [5.41, 5.74) is 2.54. The van der Waals surface area contributed by atoms with Gasteiger partial charge in [-0.2, -0.15) is 0 Å². The summed E-state index contributed by atoms with van der Waals surface area (Å²) >= 11 is 0. The van der Waals surface area contributed by atoms with Crippen molar-refractivity contribution in [1.29, 1.82) is 0 Å². The maximum absolute atomic E-state index is 13.1. The van der Waals surface area contributed by atoms with Crippen molar-refractivity contribution in [2.75, 3.05) is 26.4 Å². The van der Waals surface area contributed by atoms with Gasteiger partial charge in [0.25, 0.3) is 0 Å². The van der Waals surface area contributed by atoms with Gasteiger partial charge in [0, 0.05) is 24.1 Å². The topological polar surface area (TPSA) is 114 Å². The normalized spacial score (nSPS) is 10.5. The molecule has 9 nitrogen and oxygen atoms in total. The zero-order chi connectivity index (χ0) is 35.3. The van der Waals surface area contributed by atoms with Crippen molar-refractivity contribution in [2.24, 2.45) is 0 Å². The highest BCUT2D eigenvalue weighted by atomic mass is 16.5. The summed E-state index contributed by atoms with van der Waals surface area (Å²) in [4.78, 5) is 47.8. The first kappa shape index (κ1) is 38.3. The van der Waals surface area contributed by atoms with E-state index in [2.05, 4.69) is 13.2 Å². The SMILES string of the molecule is C=CC(=O)OCCCCCCOc1ccc(CC(=O)c2ccc(OC(=O)c3ccc(OCCCCCCOC(=O)C=C)cc3)cc2C)cc1. The van der Waals surface area contributed by atoms with Gasteiger partial charge in [-0.05, 0) is 124 Å². The van der Waals surface area contributed by atoms with Gasteiger partial charge in [0.2, 0.25) is 0 Å². The van der Waals surface area contributed by atoms with E-state index in [1.165, 1.54) is 0 Å². The number of ether oxygens (including phenoxy) is 5. The summed E-state index contributed by atoms with van der Waals surface area (Å²) < 4.78 is 27.1. The lowest BCUT2D eigenvalue weighted by molar-refractivity contribution is -0.138. The number of unbranched alkanes of at least 4 members (excludes halogenated alkanes) is 6. The molecule has 0 saturated heterocycles. The highest BCUT2D eigenvalue weighted by Gasteiger charge is 2.14. The van der Waals surface area contributed by atoms with E-state index in [1.54, 1.807) is 42.5 Å². The van der Waals surface area contributed by atoms with E-state index in [9.17, 15) is 19.2 Å². The molecule has 0 fully saturated rings. The van der Waals surface area contributed by atoms with Crippen LogP contribution in [-0.4, -0.2) is 50.1 Å². The Balaban J connectivity index is 1.35. The minimum atomic E-state index is -0.504. The third-order valence-electron chi connectivity index (χ3n) is 7.52. The summed E-state index contributed by atoms with van der Waals surface area (Å²) in [6.45, 7) is 10.5. The standard InChI is InChI=1S/C40H46O9/c1-4-38(42)47-26-12-8-6-10-24-45-33-18-14-31(15-19-33)29-37(41)36-23-22-35(28-30(36)3)49-40(44)32-16-20-34(21-17-32)46-25-11-7-9-13-27-48-39(43)5-2/h4-5,14-23,28H,1-2,6-13,24-27,29H2,3H3. The van der Waals surface area contributed by atoms with Crippen molar-refractivity contribution in [3.8, 4) is 17.2 Å². The van der Waals surface area contributed by atoms with Crippen LogP contribution in [0.1, 0.15) is 83.2 Å². The predicted octanol–water partition coefficient (Wildman–Crippen LogP) is 7.98. The summed E-state index contributed by atoms with van der Waals surface area (Å²) in [6.07, 6.45) is 9.72. The Kier molecular flexibility index (Phi) is 16.9. The van der Waals surface area contributed by atoms with Crippen molar-refractivity contribution in [3.63, 3.8) is 0 Å². The Labute approximate surface area is 288 Å². The predicted molar refractivity (Wildman–Crippen MR) is 187 cm³/mol. The van der Waals surface area contributed by atoms with E-state index >= 15 is 0 Å². The zero-order valence-electron chi connectivity index (χ0n) is 28.3. The van der Waals surface area contributed by atoms with Gasteiger partial charge in [-0.3, -0.25) is 4.79 Å². The molecule has 0 aliphatic carbocycles.